The quantitative estimate of drug-likeness (QED) is 0.133. The van der Waals surface area contributed by atoms with Gasteiger partial charge in [0, 0.05) is 41.9 Å². The van der Waals surface area contributed by atoms with Crippen molar-refractivity contribution in [3.63, 3.8) is 0 Å². The first-order valence-corrected chi connectivity index (χ1v) is 14.4. The Balaban J connectivity index is 0.000000132. The molecule has 2 amide bonds. The number of hydrogen-bond donors (Lipinski definition) is 4. The van der Waals surface area contributed by atoms with Crippen molar-refractivity contribution in [1.29, 1.82) is 0 Å². The lowest BCUT2D eigenvalue weighted by molar-refractivity contribution is -0.116. The number of nitrogens with one attached hydrogen (secondary N) is 4. The van der Waals surface area contributed by atoms with Crippen LogP contribution < -0.4 is 10.6 Å². The fourth-order valence-corrected chi connectivity index (χ4v) is 6.32. The molecule has 4 heterocycles. The maximum Gasteiger partial charge on any atom is 0.228 e. The number of carbonyl (C=O) groups is 2. The van der Waals surface area contributed by atoms with Crippen LogP contribution in [0.4, 0.5) is 11.4 Å². The third kappa shape index (κ3) is 4.33. The van der Waals surface area contributed by atoms with E-state index in [2.05, 4.69) is 64.6 Å². The zero-order valence-electron chi connectivity index (χ0n) is 21.1. The highest BCUT2D eigenvalue weighted by Gasteiger charge is 2.23. The first-order chi connectivity index (χ1) is 19.4. The van der Waals surface area contributed by atoms with Gasteiger partial charge in [-0.05, 0) is 59.7 Å². The van der Waals surface area contributed by atoms with Crippen LogP contribution in [0, 0.1) is 0 Å². The molecule has 0 aliphatic carbocycles. The Bertz CT molecular complexity index is 1850. The van der Waals surface area contributed by atoms with Crippen LogP contribution in [0.25, 0.3) is 44.3 Å². The van der Waals surface area contributed by atoms with E-state index in [4.69, 9.17) is 0 Å². The van der Waals surface area contributed by atoms with E-state index >= 15 is 0 Å². The Morgan fingerprint density at radius 2 is 0.975 bits per heavy atom. The lowest BCUT2D eigenvalue weighted by Gasteiger charge is -2.05. The predicted octanol–water partition coefficient (Wildman–Crippen LogP) is 8.18. The van der Waals surface area contributed by atoms with E-state index in [9.17, 15) is 9.59 Å². The maximum atomic E-state index is 12.1. The van der Waals surface area contributed by atoms with Crippen LogP contribution in [0.5, 0.6) is 0 Å². The van der Waals surface area contributed by atoms with Crippen molar-refractivity contribution in [2.24, 2.45) is 0 Å². The van der Waals surface area contributed by atoms with E-state index in [0.717, 1.165) is 75.8 Å². The summed E-state index contributed by atoms with van der Waals surface area (Å²) in [5, 5.41) is 8.12. The Morgan fingerprint density at radius 1 is 0.550 bits per heavy atom. The molecule has 196 valence electrons. The minimum absolute atomic E-state index is 0.0251. The molecule has 4 aromatic carbocycles. The molecule has 4 N–H and O–H groups in total. The zero-order valence-corrected chi connectivity index (χ0v) is 24.2. The third-order valence-corrected chi connectivity index (χ3v) is 8.34. The normalized spacial score (nSPS) is 13.6. The van der Waals surface area contributed by atoms with E-state index in [0.29, 0.717) is 12.8 Å². The molecule has 2 aliphatic heterocycles. The number of rotatable bonds is 0. The van der Waals surface area contributed by atoms with Crippen molar-refractivity contribution in [3.05, 3.63) is 105 Å². The summed E-state index contributed by atoms with van der Waals surface area (Å²) in [5.41, 5.74) is 10.1. The minimum Gasteiger partial charge on any atom is -0.354 e. The summed E-state index contributed by atoms with van der Waals surface area (Å²) in [6.45, 7) is 0. The molecule has 2 aliphatic rings. The number of anilines is 2. The molecule has 6 nitrogen and oxygen atoms in total. The molecule has 0 saturated carbocycles. The number of benzene rings is 4. The summed E-state index contributed by atoms with van der Waals surface area (Å²) in [7, 11) is 0. The molecule has 0 bridgehead atoms. The average molecular weight is 654 g/mol. The molecule has 0 atom stereocenters. The Morgan fingerprint density at radius 3 is 1.43 bits per heavy atom. The maximum absolute atomic E-state index is 12.1. The van der Waals surface area contributed by atoms with Gasteiger partial charge in [0.2, 0.25) is 11.8 Å². The summed E-state index contributed by atoms with van der Waals surface area (Å²) in [6, 6.07) is 28.0. The molecule has 40 heavy (non-hydrogen) atoms. The lowest BCUT2D eigenvalue weighted by Crippen LogP contribution is -2.12. The van der Waals surface area contributed by atoms with Crippen LogP contribution >= 0.6 is 31.9 Å². The molecule has 2 aromatic heterocycles. The second-order valence-corrected chi connectivity index (χ2v) is 11.7. The SMILES string of the molecule is O=C1Cc2c([nH]c3ccc(Br)cc23)-c2ccccc2N1.O=C1Cc2c([nH]c3ccc(Br)cc23)-c2ccccc2N1. The second-order valence-electron chi connectivity index (χ2n) is 9.88. The third-order valence-electron chi connectivity index (χ3n) is 7.35. The monoisotopic (exact) mass is 652 g/mol. The van der Waals surface area contributed by atoms with E-state index in [1.54, 1.807) is 0 Å². The van der Waals surface area contributed by atoms with Gasteiger partial charge in [0.25, 0.3) is 0 Å². The smallest absolute Gasteiger partial charge is 0.228 e. The molecule has 0 fully saturated rings. The number of amides is 2. The van der Waals surface area contributed by atoms with Crippen molar-refractivity contribution in [1.82, 2.24) is 9.97 Å². The summed E-state index contributed by atoms with van der Waals surface area (Å²) in [6.07, 6.45) is 0.779. The summed E-state index contributed by atoms with van der Waals surface area (Å²) < 4.78 is 2.04. The number of halogens is 2. The van der Waals surface area contributed by atoms with Crippen LogP contribution in [-0.4, -0.2) is 21.8 Å². The van der Waals surface area contributed by atoms with Gasteiger partial charge in [-0.3, -0.25) is 9.59 Å². The minimum atomic E-state index is 0.0251. The molecule has 8 rings (SSSR count). The number of aromatic amines is 2. The first-order valence-electron chi connectivity index (χ1n) is 12.8. The molecule has 0 unspecified atom stereocenters. The van der Waals surface area contributed by atoms with Gasteiger partial charge in [0.15, 0.2) is 0 Å². The Kier molecular flexibility index (Phi) is 6.09. The van der Waals surface area contributed by atoms with Gasteiger partial charge in [0.1, 0.15) is 0 Å². The van der Waals surface area contributed by atoms with Gasteiger partial charge in [0.05, 0.1) is 35.6 Å². The number of para-hydroxylation sites is 2. The average Bonchev–Trinajstić information content (AvgIpc) is 3.37. The number of fused-ring (bicyclic) bond motifs is 10. The van der Waals surface area contributed by atoms with Crippen molar-refractivity contribution in [2.75, 3.05) is 10.6 Å². The number of carbonyl (C=O) groups excluding carboxylic acids is 2. The second kappa shape index (κ2) is 9.80. The molecule has 0 radical (unpaired) electrons. The van der Waals surface area contributed by atoms with Gasteiger partial charge in [-0.1, -0.05) is 68.3 Å². The van der Waals surface area contributed by atoms with E-state index in [-0.39, 0.29) is 11.8 Å². The zero-order chi connectivity index (χ0) is 27.4. The topological polar surface area (TPSA) is 89.8 Å². The highest BCUT2D eigenvalue weighted by Crippen LogP contribution is 2.39. The summed E-state index contributed by atoms with van der Waals surface area (Å²) in [4.78, 5) is 31.1. The van der Waals surface area contributed by atoms with E-state index in [1.807, 2.05) is 72.8 Å². The van der Waals surface area contributed by atoms with Crippen LogP contribution in [0.2, 0.25) is 0 Å². The number of hydrogen-bond acceptors (Lipinski definition) is 2. The lowest BCUT2D eigenvalue weighted by atomic mass is 10.0. The van der Waals surface area contributed by atoms with Gasteiger partial charge < -0.3 is 20.6 Å². The standard InChI is InChI=1S/2C16H11BrN2O/c2*17-9-5-6-14-11(7-9)12-8-15(20)18-13-4-2-1-3-10(13)16(12)19-14/h2*1-7,19H,8H2,(H,18,20). The van der Waals surface area contributed by atoms with E-state index < -0.39 is 0 Å². The molecule has 0 saturated heterocycles. The predicted molar refractivity (Wildman–Crippen MR) is 168 cm³/mol. The fraction of sp³-hybridized carbons (Fsp3) is 0.0625. The number of H-pyrrole nitrogens is 2. The van der Waals surface area contributed by atoms with Crippen LogP contribution in [0.1, 0.15) is 11.1 Å². The summed E-state index contributed by atoms with van der Waals surface area (Å²) in [5.74, 6) is 0.0501. The number of aromatic nitrogens is 2. The molecular weight excluding hydrogens is 632 g/mol. The highest BCUT2D eigenvalue weighted by molar-refractivity contribution is 9.10. The van der Waals surface area contributed by atoms with Gasteiger partial charge in [-0.25, -0.2) is 0 Å². The largest absolute Gasteiger partial charge is 0.354 e. The van der Waals surface area contributed by atoms with Gasteiger partial charge >= 0.3 is 0 Å². The van der Waals surface area contributed by atoms with Crippen molar-refractivity contribution in [2.45, 2.75) is 12.8 Å². The Hall–Kier alpha value is -4.14. The highest BCUT2D eigenvalue weighted by atomic mass is 79.9. The molecule has 6 aromatic rings. The van der Waals surface area contributed by atoms with Crippen LogP contribution in [0.3, 0.4) is 0 Å². The van der Waals surface area contributed by atoms with Crippen molar-refractivity contribution in [3.8, 4) is 22.5 Å². The summed E-state index contributed by atoms with van der Waals surface area (Å²) >= 11 is 6.99. The van der Waals surface area contributed by atoms with Gasteiger partial charge in [-0.2, -0.15) is 0 Å². The van der Waals surface area contributed by atoms with Gasteiger partial charge in [-0.15, -0.1) is 0 Å². The molecule has 0 spiro atoms. The van der Waals surface area contributed by atoms with E-state index in [1.165, 1.54) is 0 Å². The van der Waals surface area contributed by atoms with Crippen molar-refractivity contribution < 1.29 is 9.59 Å². The molecule has 8 heteroatoms. The van der Waals surface area contributed by atoms with Crippen LogP contribution in [0.15, 0.2) is 93.9 Å². The molecular formula is C32H22Br2N4O2. The Labute approximate surface area is 246 Å². The van der Waals surface area contributed by atoms with Crippen molar-refractivity contribution >= 4 is 76.9 Å². The first kappa shape index (κ1) is 24.9. The fourth-order valence-electron chi connectivity index (χ4n) is 5.60. The van der Waals surface area contributed by atoms with Crippen LogP contribution in [-0.2, 0) is 22.4 Å².